The van der Waals surface area contributed by atoms with Gasteiger partial charge in [0.05, 0.1) is 11.7 Å². The molecule has 0 bridgehead atoms. The molecule has 0 aromatic carbocycles. The fraction of sp³-hybridized carbons (Fsp3) is 0.409. The number of amides is 1. The number of rotatable bonds is 7. The summed E-state index contributed by atoms with van der Waals surface area (Å²) in [5.41, 5.74) is 0.625. The Morgan fingerprint density at radius 1 is 1.47 bits per heavy atom. The molecule has 0 radical (unpaired) electrons. The molecule has 3 aromatic rings. The molecule has 1 amide bonds. The lowest BCUT2D eigenvalue weighted by molar-refractivity contribution is 0.0476. The number of nitriles is 1. The minimum absolute atomic E-state index is 0.0574. The van der Waals surface area contributed by atoms with E-state index in [2.05, 4.69) is 21.7 Å². The van der Waals surface area contributed by atoms with E-state index >= 15 is 0 Å². The standard InChI is InChI=1S/C22H24ClFN4O3S/c1-12(24)15(27-21(29)31-22(2,3)4)8-17-14(10-25)19-20(30-17)16(9-18(23)28-19)26-11-13-6-5-7-32-13/h5-7,9,12,15H,8,11H2,1-4H3,(H,26,28)(H,27,29)/t12-,15+/m0/s1. The van der Waals surface area contributed by atoms with Gasteiger partial charge in [0.1, 0.15) is 39.8 Å². The molecule has 170 valence electrons. The first kappa shape index (κ1) is 23.8. The summed E-state index contributed by atoms with van der Waals surface area (Å²) < 4.78 is 25.5. The van der Waals surface area contributed by atoms with Gasteiger partial charge >= 0.3 is 6.09 Å². The largest absolute Gasteiger partial charge is 0.456 e. The van der Waals surface area contributed by atoms with Crippen LogP contribution >= 0.6 is 22.9 Å². The highest BCUT2D eigenvalue weighted by molar-refractivity contribution is 7.09. The van der Waals surface area contributed by atoms with E-state index in [4.69, 9.17) is 20.8 Å². The van der Waals surface area contributed by atoms with Crippen molar-refractivity contribution in [1.82, 2.24) is 10.3 Å². The summed E-state index contributed by atoms with van der Waals surface area (Å²) in [5.74, 6) is 0.210. The lowest BCUT2D eigenvalue weighted by Crippen LogP contribution is -2.44. The first-order chi connectivity index (χ1) is 15.1. The third kappa shape index (κ3) is 5.90. The number of alkyl carbamates (subject to hydrolysis) is 1. The van der Waals surface area contributed by atoms with E-state index in [1.54, 1.807) is 38.2 Å². The van der Waals surface area contributed by atoms with Crippen molar-refractivity contribution >= 4 is 45.8 Å². The zero-order chi connectivity index (χ0) is 23.5. The van der Waals surface area contributed by atoms with Crippen LogP contribution in [0.25, 0.3) is 11.1 Å². The predicted molar refractivity (Wildman–Crippen MR) is 123 cm³/mol. The highest BCUT2D eigenvalue weighted by atomic mass is 35.5. The van der Waals surface area contributed by atoms with Gasteiger partial charge in [-0.15, -0.1) is 11.3 Å². The highest BCUT2D eigenvalue weighted by Gasteiger charge is 2.28. The van der Waals surface area contributed by atoms with Gasteiger partial charge in [0.25, 0.3) is 0 Å². The number of nitrogens with zero attached hydrogens (tertiary/aromatic N) is 2. The predicted octanol–water partition coefficient (Wildman–Crippen LogP) is 5.82. The molecular formula is C22H24ClFN4O3S. The van der Waals surface area contributed by atoms with Gasteiger partial charge in [-0.2, -0.15) is 5.26 Å². The molecule has 32 heavy (non-hydrogen) atoms. The molecule has 0 aliphatic heterocycles. The van der Waals surface area contributed by atoms with Gasteiger partial charge in [-0.1, -0.05) is 17.7 Å². The van der Waals surface area contributed by atoms with Crippen molar-refractivity contribution in [3.8, 4) is 6.07 Å². The second kappa shape index (κ2) is 9.76. The van der Waals surface area contributed by atoms with E-state index in [1.165, 1.54) is 6.92 Å². The number of anilines is 1. The Morgan fingerprint density at radius 2 is 2.22 bits per heavy atom. The third-order valence-corrected chi connectivity index (χ3v) is 5.56. The maximum absolute atomic E-state index is 14.3. The zero-order valence-corrected chi connectivity index (χ0v) is 19.7. The number of carbonyl (C=O) groups is 1. The molecule has 10 heteroatoms. The Bertz CT molecular complexity index is 1130. The summed E-state index contributed by atoms with van der Waals surface area (Å²) >= 11 is 7.77. The van der Waals surface area contributed by atoms with Crippen LogP contribution in [0.4, 0.5) is 14.9 Å². The normalized spacial score (nSPS) is 13.4. The maximum atomic E-state index is 14.3. The summed E-state index contributed by atoms with van der Waals surface area (Å²) in [6.07, 6.45) is -2.23. The number of hydrogen-bond donors (Lipinski definition) is 2. The van der Waals surface area contributed by atoms with Gasteiger partial charge in [-0.3, -0.25) is 0 Å². The van der Waals surface area contributed by atoms with Crippen LogP contribution in [0.2, 0.25) is 5.15 Å². The Hall–Kier alpha value is -2.83. The average molecular weight is 479 g/mol. The van der Waals surface area contributed by atoms with Crippen LogP contribution in [0.15, 0.2) is 28.0 Å². The lowest BCUT2D eigenvalue weighted by atomic mass is 10.1. The topological polar surface area (TPSA) is 100 Å². The number of thiophene rings is 1. The molecule has 3 heterocycles. The molecule has 2 atom stereocenters. The molecule has 3 aromatic heterocycles. The molecule has 3 rings (SSSR count). The summed E-state index contributed by atoms with van der Waals surface area (Å²) in [6, 6.07) is 6.66. The molecule has 0 saturated carbocycles. The fourth-order valence-electron chi connectivity index (χ4n) is 3.05. The molecule has 0 fully saturated rings. The molecule has 7 nitrogen and oxygen atoms in total. The van der Waals surface area contributed by atoms with Crippen molar-refractivity contribution in [3.05, 3.63) is 44.9 Å². The van der Waals surface area contributed by atoms with Crippen LogP contribution in [-0.4, -0.2) is 28.9 Å². The average Bonchev–Trinajstić information content (AvgIpc) is 3.31. The number of ether oxygens (including phenoxy) is 1. The third-order valence-electron chi connectivity index (χ3n) is 4.49. The number of furan rings is 1. The van der Waals surface area contributed by atoms with Gasteiger partial charge in [0.15, 0.2) is 5.58 Å². The second-order valence-electron chi connectivity index (χ2n) is 8.25. The van der Waals surface area contributed by atoms with Gasteiger partial charge in [0, 0.05) is 23.9 Å². The summed E-state index contributed by atoms with van der Waals surface area (Å²) in [6.45, 7) is 7.00. The molecule has 0 unspecified atom stereocenters. The number of alkyl halides is 1. The monoisotopic (exact) mass is 478 g/mol. The Kier molecular flexibility index (Phi) is 7.26. The minimum atomic E-state index is -1.42. The SMILES string of the molecule is C[C@H](F)[C@@H](Cc1oc2c(NCc3cccs3)cc(Cl)nc2c1C#N)NC(=O)OC(C)(C)C. The van der Waals surface area contributed by atoms with E-state index in [0.717, 1.165) is 4.88 Å². The number of aromatic nitrogens is 1. The van der Waals surface area contributed by atoms with Gasteiger partial charge in [-0.25, -0.2) is 14.2 Å². The quantitative estimate of drug-likeness (QED) is 0.415. The number of fused-ring (bicyclic) bond motifs is 1. The van der Waals surface area contributed by atoms with E-state index in [1.807, 2.05) is 17.5 Å². The van der Waals surface area contributed by atoms with E-state index < -0.39 is 23.9 Å². The number of halogens is 2. The number of hydrogen-bond acceptors (Lipinski definition) is 7. The fourth-order valence-corrected chi connectivity index (χ4v) is 3.89. The molecule has 0 spiro atoms. The molecule has 2 N–H and O–H groups in total. The first-order valence-electron chi connectivity index (χ1n) is 9.99. The molecule has 0 saturated heterocycles. The van der Waals surface area contributed by atoms with Crippen molar-refractivity contribution in [1.29, 1.82) is 5.26 Å². The van der Waals surface area contributed by atoms with Crippen molar-refractivity contribution in [2.75, 3.05) is 5.32 Å². The van der Waals surface area contributed by atoms with E-state index in [0.29, 0.717) is 17.8 Å². The van der Waals surface area contributed by atoms with Crippen LogP contribution in [0, 0.1) is 11.3 Å². The van der Waals surface area contributed by atoms with Crippen molar-refractivity contribution in [2.24, 2.45) is 0 Å². The summed E-state index contributed by atoms with van der Waals surface area (Å²) in [7, 11) is 0. The van der Waals surface area contributed by atoms with E-state index in [9.17, 15) is 14.4 Å². The van der Waals surface area contributed by atoms with E-state index in [-0.39, 0.29) is 28.4 Å². The van der Waals surface area contributed by atoms with Gasteiger partial charge < -0.3 is 19.8 Å². The summed E-state index contributed by atoms with van der Waals surface area (Å²) in [5, 5.41) is 17.7. The van der Waals surface area contributed by atoms with Crippen LogP contribution in [0.3, 0.4) is 0 Å². The Balaban J connectivity index is 1.90. The smallest absolute Gasteiger partial charge is 0.407 e. The minimum Gasteiger partial charge on any atom is -0.456 e. The highest BCUT2D eigenvalue weighted by Crippen LogP contribution is 2.33. The maximum Gasteiger partial charge on any atom is 0.407 e. The number of nitrogens with one attached hydrogen (secondary N) is 2. The number of pyridine rings is 1. The van der Waals surface area contributed by atoms with Gasteiger partial charge in [0.2, 0.25) is 0 Å². The second-order valence-corrected chi connectivity index (χ2v) is 9.67. The lowest BCUT2D eigenvalue weighted by Gasteiger charge is -2.24. The van der Waals surface area contributed by atoms with Gasteiger partial charge in [-0.05, 0) is 39.1 Å². The van der Waals surface area contributed by atoms with Crippen LogP contribution in [0.5, 0.6) is 0 Å². The van der Waals surface area contributed by atoms with Crippen molar-refractivity contribution in [3.63, 3.8) is 0 Å². The summed E-state index contributed by atoms with van der Waals surface area (Å²) in [4.78, 5) is 17.5. The van der Waals surface area contributed by atoms with Crippen molar-refractivity contribution < 1.29 is 18.3 Å². The van der Waals surface area contributed by atoms with Crippen LogP contribution < -0.4 is 10.6 Å². The Morgan fingerprint density at radius 3 is 2.81 bits per heavy atom. The molecule has 0 aliphatic rings. The molecular weight excluding hydrogens is 455 g/mol. The zero-order valence-electron chi connectivity index (χ0n) is 18.2. The van der Waals surface area contributed by atoms with Crippen LogP contribution in [0.1, 0.15) is 43.9 Å². The first-order valence-corrected chi connectivity index (χ1v) is 11.2. The Labute approximate surface area is 194 Å². The van der Waals surface area contributed by atoms with Crippen molar-refractivity contribution in [2.45, 2.75) is 58.5 Å². The molecule has 0 aliphatic carbocycles. The number of carbonyl (C=O) groups excluding carboxylic acids is 1. The van der Waals surface area contributed by atoms with Crippen LogP contribution in [-0.2, 0) is 17.7 Å².